The predicted molar refractivity (Wildman–Crippen MR) is 68.1 cm³/mol. The number of fused-ring (bicyclic) bond motifs is 1. The third kappa shape index (κ3) is 1.74. The van der Waals surface area contributed by atoms with Gasteiger partial charge in [0.15, 0.2) is 0 Å². The SMILES string of the molecule is C/C=C\C1=C(C)OP(C)(=O)c2ccccc21. The molecule has 1 heterocycles. The maximum absolute atomic E-state index is 12.3. The Hall–Kier alpha value is -1.27. The van der Waals surface area contributed by atoms with E-state index in [0.29, 0.717) is 0 Å². The molecule has 0 radical (unpaired) electrons. The Bertz CT molecular complexity index is 526. The highest BCUT2D eigenvalue weighted by atomic mass is 31.2. The minimum atomic E-state index is -2.69. The number of benzene rings is 1. The molecule has 0 aromatic heterocycles. The third-order valence-electron chi connectivity index (χ3n) is 2.66. The fourth-order valence-corrected chi connectivity index (χ4v) is 3.69. The fourth-order valence-electron chi connectivity index (χ4n) is 1.98. The average molecular weight is 234 g/mol. The quantitative estimate of drug-likeness (QED) is 0.694. The summed E-state index contributed by atoms with van der Waals surface area (Å²) in [6.45, 7) is 5.49. The van der Waals surface area contributed by atoms with E-state index in [-0.39, 0.29) is 0 Å². The monoisotopic (exact) mass is 234 g/mol. The molecular weight excluding hydrogens is 219 g/mol. The second-order valence-electron chi connectivity index (χ2n) is 3.92. The van der Waals surface area contributed by atoms with Gasteiger partial charge >= 0.3 is 0 Å². The highest BCUT2D eigenvalue weighted by Crippen LogP contribution is 2.50. The van der Waals surface area contributed by atoms with Crippen molar-refractivity contribution in [3.8, 4) is 0 Å². The van der Waals surface area contributed by atoms with Crippen LogP contribution in [0, 0.1) is 0 Å². The van der Waals surface area contributed by atoms with Crippen LogP contribution in [0.5, 0.6) is 0 Å². The lowest BCUT2D eigenvalue weighted by Crippen LogP contribution is -2.16. The van der Waals surface area contributed by atoms with Crippen LogP contribution < -0.4 is 5.30 Å². The summed E-state index contributed by atoms with van der Waals surface area (Å²) in [5.41, 5.74) is 2.04. The van der Waals surface area contributed by atoms with Gasteiger partial charge in [0.05, 0.1) is 5.30 Å². The van der Waals surface area contributed by atoms with Gasteiger partial charge in [-0.3, -0.25) is 4.57 Å². The molecule has 0 saturated heterocycles. The first-order chi connectivity index (χ1) is 7.56. The van der Waals surface area contributed by atoms with Crippen molar-refractivity contribution in [1.29, 1.82) is 0 Å². The summed E-state index contributed by atoms with van der Waals surface area (Å²) in [7, 11) is -2.69. The minimum absolute atomic E-state index is 0.739. The van der Waals surface area contributed by atoms with Gasteiger partial charge in [-0.15, -0.1) is 0 Å². The minimum Gasteiger partial charge on any atom is -0.444 e. The number of hydrogen-bond acceptors (Lipinski definition) is 2. The first-order valence-corrected chi connectivity index (χ1v) is 7.34. The van der Waals surface area contributed by atoms with Crippen LogP contribution in [0.1, 0.15) is 19.4 Å². The molecule has 1 atom stereocenters. The van der Waals surface area contributed by atoms with E-state index in [4.69, 9.17) is 4.52 Å². The molecule has 1 unspecified atom stereocenters. The van der Waals surface area contributed by atoms with Crippen molar-refractivity contribution in [1.82, 2.24) is 0 Å². The Morgan fingerprint density at radius 1 is 1.31 bits per heavy atom. The van der Waals surface area contributed by atoms with Crippen LogP contribution in [0.2, 0.25) is 0 Å². The van der Waals surface area contributed by atoms with E-state index < -0.39 is 7.37 Å². The highest BCUT2D eigenvalue weighted by Gasteiger charge is 2.30. The Labute approximate surface area is 96.1 Å². The zero-order valence-corrected chi connectivity index (χ0v) is 10.6. The third-order valence-corrected chi connectivity index (χ3v) is 4.54. The van der Waals surface area contributed by atoms with Crippen molar-refractivity contribution in [2.24, 2.45) is 0 Å². The molecule has 0 aliphatic carbocycles. The van der Waals surface area contributed by atoms with E-state index in [2.05, 4.69) is 0 Å². The lowest BCUT2D eigenvalue weighted by atomic mass is 10.0. The van der Waals surface area contributed by atoms with Gasteiger partial charge in [-0.25, -0.2) is 0 Å². The molecule has 2 nitrogen and oxygen atoms in total. The maximum atomic E-state index is 12.3. The summed E-state index contributed by atoms with van der Waals surface area (Å²) in [6.07, 6.45) is 3.96. The molecule has 0 N–H and O–H groups in total. The molecule has 16 heavy (non-hydrogen) atoms. The first kappa shape index (κ1) is 11.2. The number of rotatable bonds is 1. The zero-order valence-electron chi connectivity index (χ0n) is 9.73. The van der Waals surface area contributed by atoms with Gasteiger partial charge in [0.1, 0.15) is 5.76 Å². The Morgan fingerprint density at radius 3 is 2.69 bits per heavy atom. The highest BCUT2D eigenvalue weighted by molar-refractivity contribution is 7.66. The average Bonchev–Trinajstić information content (AvgIpc) is 2.24. The van der Waals surface area contributed by atoms with Crippen molar-refractivity contribution < 1.29 is 9.09 Å². The van der Waals surface area contributed by atoms with E-state index in [1.54, 1.807) is 6.66 Å². The number of allylic oxidation sites excluding steroid dienone is 4. The van der Waals surface area contributed by atoms with Gasteiger partial charge in [0, 0.05) is 12.2 Å². The molecule has 84 valence electrons. The van der Waals surface area contributed by atoms with Crippen LogP contribution in [-0.4, -0.2) is 6.66 Å². The van der Waals surface area contributed by atoms with Crippen molar-refractivity contribution in [3.63, 3.8) is 0 Å². The lowest BCUT2D eigenvalue weighted by Gasteiger charge is -2.26. The van der Waals surface area contributed by atoms with Crippen LogP contribution in [0.3, 0.4) is 0 Å². The maximum Gasteiger partial charge on any atom is 0.274 e. The van der Waals surface area contributed by atoms with E-state index in [9.17, 15) is 4.57 Å². The summed E-state index contributed by atoms with van der Waals surface area (Å²) < 4.78 is 17.9. The second-order valence-corrected chi connectivity index (χ2v) is 6.28. The summed E-state index contributed by atoms with van der Waals surface area (Å²) in [5.74, 6) is 0.739. The van der Waals surface area contributed by atoms with Gasteiger partial charge < -0.3 is 4.52 Å². The molecule has 2 rings (SSSR count). The largest absolute Gasteiger partial charge is 0.444 e. The van der Waals surface area contributed by atoms with Crippen molar-refractivity contribution in [2.75, 3.05) is 6.66 Å². The normalized spacial score (nSPS) is 24.4. The Morgan fingerprint density at radius 2 is 2.00 bits per heavy atom. The van der Waals surface area contributed by atoms with Crippen molar-refractivity contribution in [2.45, 2.75) is 13.8 Å². The van der Waals surface area contributed by atoms with Gasteiger partial charge in [0.25, 0.3) is 7.37 Å². The van der Waals surface area contributed by atoms with Crippen LogP contribution in [-0.2, 0) is 9.09 Å². The van der Waals surface area contributed by atoms with E-state index in [1.165, 1.54) is 0 Å². The summed E-state index contributed by atoms with van der Waals surface area (Å²) in [5, 5.41) is 0.814. The summed E-state index contributed by atoms with van der Waals surface area (Å²) in [4.78, 5) is 0. The lowest BCUT2D eigenvalue weighted by molar-refractivity contribution is 0.419. The van der Waals surface area contributed by atoms with Crippen LogP contribution >= 0.6 is 7.37 Å². The van der Waals surface area contributed by atoms with Gasteiger partial charge in [0.2, 0.25) is 0 Å². The molecule has 0 saturated carbocycles. The topological polar surface area (TPSA) is 26.3 Å². The Balaban J connectivity index is 2.72. The molecule has 1 aliphatic rings. The van der Waals surface area contributed by atoms with E-state index in [1.807, 2.05) is 50.3 Å². The van der Waals surface area contributed by atoms with Crippen molar-refractivity contribution >= 4 is 18.2 Å². The molecule has 0 amide bonds. The predicted octanol–water partition coefficient (Wildman–Crippen LogP) is 3.56. The molecule has 1 aliphatic heterocycles. The molecule has 0 spiro atoms. The summed E-state index contributed by atoms with van der Waals surface area (Å²) in [6, 6.07) is 7.73. The first-order valence-electron chi connectivity index (χ1n) is 5.27. The van der Waals surface area contributed by atoms with Crippen molar-refractivity contribution in [3.05, 3.63) is 47.7 Å². The molecular formula is C13H15O2P. The molecule has 3 heteroatoms. The van der Waals surface area contributed by atoms with Crippen LogP contribution in [0.15, 0.2) is 42.2 Å². The summed E-state index contributed by atoms with van der Waals surface area (Å²) >= 11 is 0. The van der Waals surface area contributed by atoms with Gasteiger partial charge in [-0.05, 0) is 25.5 Å². The molecule has 1 aromatic carbocycles. The smallest absolute Gasteiger partial charge is 0.274 e. The standard InChI is InChI=1S/C13H15O2P/c1-4-7-11-10(2)15-16(3,14)13-9-6-5-8-12(11)13/h4-9H,1-3H3/b7-4-. The molecule has 0 bridgehead atoms. The molecule has 0 fully saturated rings. The van der Waals surface area contributed by atoms with E-state index >= 15 is 0 Å². The Kier molecular flexibility index (Phi) is 2.77. The van der Waals surface area contributed by atoms with Gasteiger partial charge in [-0.2, -0.15) is 0 Å². The zero-order chi connectivity index (χ0) is 11.8. The fraction of sp³-hybridized carbons (Fsp3) is 0.231. The van der Waals surface area contributed by atoms with Gasteiger partial charge in [-0.1, -0.05) is 30.4 Å². The number of hydrogen-bond donors (Lipinski definition) is 0. The second kappa shape index (κ2) is 3.95. The van der Waals surface area contributed by atoms with Crippen LogP contribution in [0.4, 0.5) is 0 Å². The van der Waals surface area contributed by atoms with Crippen LogP contribution in [0.25, 0.3) is 5.57 Å². The molecule has 1 aromatic rings. The van der Waals surface area contributed by atoms with E-state index in [0.717, 1.165) is 22.2 Å².